The summed E-state index contributed by atoms with van der Waals surface area (Å²) in [4.78, 5) is 26.9. The van der Waals surface area contributed by atoms with Gasteiger partial charge in [-0.15, -0.1) is 0 Å². The second kappa shape index (κ2) is 30.8. The Morgan fingerprint density at radius 2 is 1.22 bits per heavy atom. The van der Waals surface area contributed by atoms with Crippen LogP contribution < -0.4 is 0 Å². The van der Waals surface area contributed by atoms with Crippen molar-refractivity contribution in [3.63, 3.8) is 0 Å². The van der Waals surface area contributed by atoms with Gasteiger partial charge in [0.2, 0.25) is 0 Å². The Morgan fingerprint density at radius 3 is 1.82 bits per heavy atom. The van der Waals surface area contributed by atoms with E-state index in [2.05, 4.69) is 0 Å². The summed E-state index contributed by atoms with van der Waals surface area (Å²) in [5, 5.41) is 154. The molecule has 0 aliphatic carbocycles. The van der Waals surface area contributed by atoms with Crippen molar-refractivity contribution in [1.29, 1.82) is 0 Å². The van der Waals surface area contributed by atoms with Gasteiger partial charge in [-0.3, -0.25) is 9.59 Å². The fourth-order valence-corrected chi connectivity index (χ4v) is 9.84. The minimum atomic E-state index is -2.74. The molecule has 4 aliphatic rings. The molecule has 0 unspecified atom stereocenters. The Kier molecular flexibility index (Phi) is 26.4. The summed E-state index contributed by atoms with van der Waals surface area (Å²) in [6.07, 6.45) is -4.46. The third kappa shape index (κ3) is 19.0. The minimum Gasteiger partial charge on any atom is -0.469 e. The van der Waals surface area contributed by atoms with E-state index in [-0.39, 0.29) is 25.2 Å². The number of hydrogen-bond donors (Lipinski definition) is 14. The lowest BCUT2D eigenvalue weighted by Gasteiger charge is -2.53. The lowest BCUT2D eigenvalue weighted by Crippen LogP contribution is -2.74. The van der Waals surface area contributed by atoms with E-state index in [4.69, 9.17) is 28.4 Å². The Balaban J connectivity index is 1.64. The Hall–Kier alpha value is -3.64. The van der Waals surface area contributed by atoms with E-state index in [0.717, 1.165) is 12.0 Å². The van der Waals surface area contributed by atoms with Gasteiger partial charge < -0.3 is 99.9 Å². The largest absolute Gasteiger partial charge is 0.469 e. The van der Waals surface area contributed by atoms with Crippen LogP contribution in [0.25, 0.3) is 0 Å². The van der Waals surface area contributed by atoms with Gasteiger partial charge in [-0.05, 0) is 40.2 Å². The van der Waals surface area contributed by atoms with Crippen molar-refractivity contribution in [2.45, 2.75) is 201 Å². The first kappa shape index (κ1) is 65.9. The molecule has 77 heavy (non-hydrogen) atoms. The molecule has 3 saturated heterocycles. The van der Waals surface area contributed by atoms with Gasteiger partial charge in [0.15, 0.2) is 18.2 Å². The number of nitrogens with zero attached hydrogens (tertiary/aromatic N) is 1. The van der Waals surface area contributed by atoms with E-state index < -0.39 is 184 Å². The predicted molar refractivity (Wildman–Crippen MR) is 274 cm³/mol. The number of allylic oxidation sites excluding steroid dienone is 12. The fraction of sp³-hybridized carbons (Fsp3) is 0.704. The monoisotopic (exact) mass is 1100 g/mol. The van der Waals surface area contributed by atoms with Crippen LogP contribution in [0, 0.1) is 17.8 Å². The highest BCUT2D eigenvalue weighted by Gasteiger charge is 2.58. The average molecular weight is 1100 g/mol. The number of fused-ring (bicyclic) bond motifs is 2. The highest BCUT2D eigenvalue weighted by Crippen LogP contribution is 2.40. The number of aliphatic hydroxyl groups excluding tert-OH is 12. The molecule has 0 radical (unpaired) electrons. The third-order valence-electron chi connectivity index (χ3n) is 14.6. The maximum atomic E-state index is 13.3. The molecule has 0 aromatic heterocycles. The van der Waals surface area contributed by atoms with E-state index >= 15 is 0 Å². The number of esters is 2. The molecule has 4 aliphatic heterocycles. The molecule has 14 N–H and O–H groups in total. The van der Waals surface area contributed by atoms with Crippen molar-refractivity contribution in [2.75, 3.05) is 20.8 Å². The zero-order valence-corrected chi connectivity index (χ0v) is 44.5. The number of cyclic esters (lactones) is 1. The Morgan fingerprint density at radius 1 is 0.636 bits per heavy atom. The zero-order chi connectivity index (χ0) is 57.4. The van der Waals surface area contributed by atoms with Gasteiger partial charge in [0.1, 0.15) is 30.3 Å². The second-order valence-electron chi connectivity index (χ2n) is 20.7. The minimum absolute atomic E-state index is 0.136. The number of carbonyl (C=O) groups is 2. The normalized spacial score (nSPS) is 46.4. The summed E-state index contributed by atoms with van der Waals surface area (Å²) in [7, 11) is 2.25. The predicted octanol–water partition coefficient (Wildman–Crippen LogP) is -1.47. The molecule has 0 amide bonds. The van der Waals surface area contributed by atoms with Crippen molar-refractivity contribution in [3.05, 3.63) is 85.1 Å². The fourth-order valence-electron chi connectivity index (χ4n) is 9.84. The van der Waals surface area contributed by atoms with Crippen LogP contribution in [0.15, 0.2) is 85.1 Å². The molecular formula is C54H85NO22. The summed E-state index contributed by atoms with van der Waals surface area (Å²) in [6.45, 7) is 5.98. The molecule has 3 fully saturated rings. The van der Waals surface area contributed by atoms with E-state index in [1.807, 2.05) is 6.92 Å². The molecule has 2 bridgehead atoms. The van der Waals surface area contributed by atoms with Crippen LogP contribution in [0.2, 0.25) is 0 Å². The Labute approximate surface area is 449 Å². The SMILES string of the molecule is COC(=O)[C@H]1[C@@H]2C[C@@H](O[C@@H]3O[C@H](C)[C@@H](O)[C@H](N(C)[C@@]4(O)OC[C@@H](O)[C@@H](O)[C@@H]4O)[C@@H]3O)/C=C/C=C/C=C/C=C/C=C/C=C/C=C/[C@H](C)[C@@H](O)[C@@H](C)[C@H](C)OC(=O)C[C@H](O)C[C@H](O)CC[C@@H](O)[C@H](O)C[C@H](O)C[C@](O)(C[C@@H]1O)O2. The number of carbonyl (C=O) groups excluding carboxylic acids is 2. The number of aliphatic hydroxyl groups is 14. The van der Waals surface area contributed by atoms with Crippen molar-refractivity contribution >= 4 is 11.9 Å². The van der Waals surface area contributed by atoms with E-state index in [9.17, 15) is 81.1 Å². The highest BCUT2D eigenvalue weighted by atomic mass is 16.7. The first-order valence-corrected chi connectivity index (χ1v) is 26.2. The summed E-state index contributed by atoms with van der Waals surface area (Å²) in [6, 6.07) is -1.54. The molecule has 23 atom stereocenters. The van der Waals surface area contributed by atoms with Crippen LogP contribution in [0.4, 0.5) is 0 Å². The molecule has 0 aromatic carbocycles. The van der Waals surface area contributed by atoms with Crippen molar-refractivity contribution in [3.8, 4) is 0 Å². The maximum Gasteiger partial charge on any atom is 0.313 e. The van der Waals surface area contributed by atoms with Gasteiger partial charge >= 0.3 is 11.9 Å². The summed E-state index contributed by atoms with van der Waals surface area (Å²) in [5.74, 6) is -9.08. The van der Waals surface area contributed by atoms with Gasteiger partial charge in [0.05, 0.1) is 93.3 Å². The van der Waals surface area contributed by atoms with Crippen LogP contribution in [-0.2, 0) is 38.0 Å². The van der Waals surface area contributed by atoms with Gasteiger partial charge in [-0.2, -0.15) is 0 Å². The van der Waals surface area contributed by atoms with Crippen molar-refractivity contribution < 1.29 is 110 Å². The van der Waals surface area contributed by atoms with Gasteiger partial charge in [-0.1, -0.05) is 98.9 Å². The molecule has 438 valence electrons. The van der Waals surface area contributed by atoms with Crippen LogP contribution in [0.1, 0.15) is 79.1 Å². The zero-order valence-electron chi connectivity index (χ0n) is 44.5. The van der Waals surface area contributed by atoms with Crippen LogP contribution in [0.3, 0.4) is 0 Å². The molecule has 0 saturated carbocycles. The first-order chi connectivity index (χ1) is 36.2. The van der Waals surface area contributed by atoms with Crippen molar-refractivity contribution in [1.82, 2.24) is 4.90 Å². The summed E-state index contributed by atoms with van der Waals surface area (Å²) in [5.41, 5.74) is 0. The van der Waals surface area contributed by atoms with E-state index in [1.54, 1.807) is 86.8 Å². The molecular weight excluding hydrogens is 1010 g/mol. The van der Waals surface area contributed by atoms with E-state index in [0.29, 0.717) is 0 Å². The lowest BCUT2D eigenvalue weighted by molar-refractivity contribution is -0.399. The molecule has 0 aromatic rings. The molecule has 23 heteroatoms. The number of ether oxygens (including phenoxy) is 6. The number of rotatable bonds is 5. The highest BCUT2D eigenvalue weighted by molar-refractivity contribution is 5.74. The quantitative estimate of drug-likeness (QED) is 0.110. The summed E-state index contributed by atoms with van der Waals surface area (Å²) >= 11 is 0. The number of likely N-dealkylation sites (N-methyl/N-ethyl adjacent to an activating group) is 1. The standard InChI is InChI=1S/C54H85NO22/c1-30-19-17-15-13-11-9-7-8-10-12-14-16-18-20-37(76-52-49(67)45(47(65)33(4)75-52)55(5)54(71)50(68)48(66)41(62)29-73-54)26-42-44(51(69)72-6)40(61)28-53(70,77-42)27-36(58)24-39(60)38(59)22-21-34(56)23-35(57)25-43(63)74-32(3)31(2)46(30)64/h7-20,30-42,44-50,52,56-62,64-68,70-71H,21-29H2,1-6H3/b8-7+,11-9+,12-10+,15-13+,16-14+,19-17+,20-18+/t30-,31-,32-,33+,34+,35+,36-,37-,38+,39+,40-,41+,42-,44+,45-,46+,47+,48+,49-,50-,52-,53+,54-/m0/s1. The topological polar surface area (TPSA) is 376 Å². The molecule has 0 spiro atoms. The maximum absolute atomic E-state index is 13.3. The van der Waals surface area contributed by atoms with Crippen LogP contribution in [0.5, 0.6) is 0 Å². The molecule has 23 nitrogen and oxygen atoms in total. The lowest BCUT2D eigenvalue weighted by atomic mass is 9.82. The van der Waals surface area contributed by atoms with Crippen LogP contribution >= 0.6 is 0 Å². The third-order valence-corrected chi connectivity index (χ3v) is 14.6. The van der Waals surface area contributed by atoms with Crippen molar-refractivity contribution in [2.24, 2.45) is 17.8 Å². The number of hydrogen-bond acceptors (Lipinski definition) is 23. The van der Waals surface area contributed by atoms with Gasteiger partial charge in [0, 0.05) is 37.5 Å². The molecule has 4 heterocycles. The van der Waals surface area contributed by atoms with Gasteiger partial charge in [-0.25, -0.2) is 4.90 Å². The average Bonchev–Trinajstić information content (AvgIpc) is 3.36. The van der Waals surface area contributed by atoms with Crippen LogP contribution in [-0.4, -0.2) is 231 Å². The van der Waals surface area contributed by atoms with E-state index in [1.165, 1.54) is 26.1 Å². The smallest absolute Gasteiger partial charge is 0.313 e. The Bertz CT molecular complexity index is 2030. The second-order valence-corrected chi connectivity index (χ2v) is 20.7. The van der Waals surface area contributed by atoms with Gasteiger partial charge in [0.25, 0.3) is 5.91 Å². The first-order valence-electron chi connectivity index (χ1n) is 26.2. The summed E-state index contributed by atoms with van der Waals surface area (Å²) < 4.78 is 34.2. The molecule has 4 rings (SSSR count). The number of methoxy groups -OCH3 is 1.